The van der Waals surface area contributed by atoms with Gasteiger partial charge in [0.15, 0.2) is 0 Å². The number of methoxy groups -OCH3 is 1. The summed E-state index contributed by atoms with van der Waals surface area (Å²) in [6.45, 7) is 0.843. The molecule has 4 nitrogen and oxygen atoms in total. The van der Waals surface area contributed by atoms with E-state index >= 15 is 0 Å². The zero-order chi connectivity index (χ0) is 14.6. The minimum atomic E-state index is -0.467. The second-order valence-electron chi connectivity index (χ2n) is 4.51. The molecule has 0 spiro atoms. The maximum Gasteiger partial charge on any atom is 0.330 e. The molecule has 1 atom stereocenters. The van der Waals surface area contributed by atoms with Gasteiger partial charge in [0.1, 0.15) is 0 Å². The minimum absolute atomic E-state index is 0.329. The molecule has 1 aromatic carbocycles. The molecule has 0 saturated heterocycles. The first-order valence-electron chi connectivity index (χ1n) is 6.76. The number of carbonyl (C=O) groups is 1. The van der Waals surface area contributed by atoms with Gasteiger partial charge in [0.25, 0.3) is 0 Å². The average molecular weight is 278 g/mol. The van der Waals surface area contributed by atoms with E-state index in [0.717, 1.165) is 18.4 Å². The number of ether oxygens (including phenoxy) is 2. The zero-order valence-corrected chi connectivity index (χ0v) is 11.8. The fourth-order valence-electron chi connectivity index (χ4n) is 1.69. The third kappa shape index (κ3) is 7.71. The van der Waals surface area contributed by atoms with Gasteiger partial charge < -0.3 is 14.6 Å². The molecule has 0 aliphatic carbocycles. The topological polar surface area (TPSA) is 55.8 Å². The predicted molar refractivity (Wildman–Crippen MR) is 77.1 cm³/mol. The van der Waals surface area contributed by atoms with Crippen LogP contribution in [-0.4, -0.2) is 30.9 Å². The molecule has 1 unspecified atom stereocenters. The molecule has 4 heteroatoms. The van der Waals surface area contributed by atoms with E-state index in [9.17, 15) is 9.90 Å². The Hall–Kier alpha value is -1.65. The quantitative estimate of drug-likeness (QED) is 0.428. The standard InChI is InChI=1S/C16H22O4/c1-19-16(18)11-7-3-6-10-15(17)13-20-12-14-8-4-2-5-9-14/h2,4-5,7-9,11,15,17H,3,6,10,12-13H2,1H3/b11-7-. The minimum Gasteiger partial charge on any atom is -0.466 e. The molecule has 1 rings (SSSR count). The van der Waals surface area contributed by atoms with Gasteiger partial charge in [0.2, 0.25) is 0 Å². The Bertz CT molecular complexity index is 400. The van der Waals surface area contributed by atoms with Crippen molar-refractivity contribution in [3.63, 3.8) is 0 Å². The summed E-state index contributed by atoms with van der Waals surface area (Å²) < 4.78 is 9.93. The highest BCUT2D eigenvalue weighted by Crippen LogP contribution is 2.05. The lowest BCUT2D eigenvalue weighted by Crippen LogP contribution is -2.14. The number of aliphatic hydroxyl groups excluding tert-OH is 1. The molecule has 110 valence electrons. The molecule has 1 N–H and O–H groups in total. The monoisotopic (exact) mass is 278 g/mol. The Labute approximate surface area is 120 Å². The summed E-state index contributed by atoms with van der Waals surface area (Å²) in [6, 6.07) is 9.86. The summed E-state index contributed by atoms with van der Waals surface area (Å²) in [5.74, 6) is -0.350. The van der Waals surface area contributed by atoms with Crippen LogP contribution in [0.25, 0.3) is 0 Å². The van der Waals surface area contributed by atoms with E-state index in [2.05, 4.69) is 4.74 Å². The molecule has 0 aliphatic rings. The van der Waals surface area contributed by atoms with Crippen LogP contribution in [0.4, 0.5) is 0 Å². The Balaban J connectivity index is 2.04. The van der Waals surface area contributed by atoms with Crippen LogP contribution in [0.1, 0.15) is 24.8 Å². The van der Waals surface area contributed by atoms with Gasteiger partial charge >= 0.3 is 5.97 Å². The summed E-state index contributed by atoms with van der Waals surface area (Å²) in [5, 5.41) is 9.74. The van der Waals surface area contributed by atoms with Gasteiger partial charge in [0.05, 0.1) is 26.4 Å². The van der Waals surface area contributed by atoms with Crippen molar-refractivity contribution in [1.29, 1.82) is 0 Å². The highest BCUT2D eigenvalue weighted by Gasteiger charge is 2.03. The third-order valence-corrected chi connectivity index (χ3v) is 2.79. The number of hydrogen-bond donors (Lipinski definition) is 1. The molecule has 0 aliphatic heterocycles. The Morgan fingerprint density at radius 2 is 2.10 bits per heavy atom. The van der Waals surface area contributed by atoms with E-state index in [4.69, 9.17) is 4.74 Å². The summed E-state index contributed by atoms with van der Waals surface area (Å²) in [4.78, 5) is 10.8. The van der Waals surface area contributed by atoms with E-state index in [1.807, 2.05) is 30.3 Å². The Morgan fingerprint density at radius 1 is 1.35 bits per heavy atom. The smallest absolute Gasteiger partial charge is 0.330 e. The van der Waals surface area contributed by atoms with Gasteiger partial charge in [-0.3, -0.25) is 0 Å². The Morgan fingerprint density at radius 3 is 2.80 bits per heavy atom. The number of allylic oxidation sites excluding steroid dienone is 1. The van der Waals surface area contributed by atoms with Crippen LogP contribution in [0.2, 0.25) is 0 Å². The van der Waals surface area contributed by atoms with Crippen molar-refractivity contribution in [3.05, 3.63) is 48.0 Å². The first-order valence-corrected chi connectivity index (χ1v) is 6.76. The number of hydrogen-bond acceptors (Lipinski definition) is 4. The summed E-state index contributed by atoms with van der Waals surface area (Å²) in [7, 11) is 1.35. The van der Waals surface area contributed by atoms with E-state index in [1.54, 1.807) is 6.08 Å². The van der Waals surface area contributed by atoms with Crippen LogP contribution in [0, 0.1) is 0 Å². The van der Waals surface area contributed by atoms with E-state index in [-0.39, 0.29) is 5.97 Å². The summed E-state index contributed by atoms with van der Waals surface area (Å²) in [6.07, 6.45) is 4.89. The van der Waals surface area contributed by atoms with Gasteiger partial charge in [-0.15, -0.1) is 0 Å². The van der Waals surface area contributed by atoms with Crippen LogP contribution in [0.3, 0.4) is 0 Å². The number of unbranched alkanes of at least 4 members (excludes halogenated alkanes) is 1. The number of aliphatic hydroxyl groups is 1. The van der Waals surface area contributed by atoms with Crippen LogP contribution in [-0.2, 0) is 20.9 Å². The molecule has 0 amide bonds. The number of carbonyl (C=O) groups excluding carboxylic acids is 1. The molecule has 1 aromatic rings. The van der Waals surface area contributed by atoms with Crippen molar-refractivity contribution in [2.24, 2.45) is 0 Å². The van der Waals surface area contributed by atoms with Gasteiger partial charge in [-0.05, 0) is 24.8 Å². The second-order valence-corrected chi connectivity index (χ2v) is 4.51. The van der Waals surface area contributed by atoms with Crippen LogP contribution in [0.5, 0.6) is 0 Å². The van der Waals surface area contributed by atoms with Crippen molar-refractivity contribution in [2.75, 3.05) is 13.7 Å². The zero-order valence-electron chi connectivity index (χ0n) is 11.8. The van der Waals surface area contributed by atoms with E-state index in [0.29, 0.717) is 19.6 Å². The second kappa shape index (κ2) is 10.2. The van der Waals surface area contributed by atoms with Gasteiger partial charge in [-0.1, -0.05) is 36.4 Å². The highest BCUT2D eigenvalue weighted by molar-refractivity contribution is 5.81. The normalized spacial score (nSPS) is 12.5. The number of benzene rings is 1. The van der Waals surface area contributed by atoms with Crippen molar-refractivity contribution < 1.29 is 19.4 Å². The predicted octanol–water partition coefficient (Wildman–Crippen LogP) is 2.46. The molecule has 0 radical (unpaired) electrons. The number of rotatable bonds is 9. The SMILES string of the molecule is COC(=O)/C=C\CCCC(O)COCc1ccccc1. The lowest BCUT2D eigenvalue weighted by Gasteiger charge is -2.10. The maximum atomic E-state index is 10.8. The first kappa shape index (κ1) is 16.4. The maximum absolute atomic E-state index is 10.8. The number of esters is 1. The van der Waals surface area contributed by atoms with Crippen LogP contribution < -0.4 is 0 Å². The Kier molecular flexibility index (Phi) is 8.35. The lowest BCUT2D eigenvalue weighted by atomic mass is 10.1. The summed E-state index contributed by atoms with van der Waals surface area (Å²) in [5.41, 5.74) is 1.10. The lowest BCUT2D eigenvalue weighted by molar-refractivity contribution is -0.134. The fourth-order valence-corrected chi connectivity index (χ4v) is 1.69. The van der Waals surface area contributed by atoms with Gasteiger partial charge in [-0.25, -0.2) is 4.79 Å². The van der Waals surface area contributed by atoms with E-state index in [1.165, 1.54) is 13.2 Å². The van der Waals surface area contributed by atoms with E-state index < -0.39 is 6.10 Å². The van der Waals surface area contributed by atoms with Crippen molar-refractivity contribution in [1.82, 2.24) is 0 Å². The third-order valence-electron chi connectivity index (χ3n) is 2.79. The average Bonchev–Trinajstić information content (AvgIpc) is 2.47. The fraction of sp³-hybridized carbons (Fsp3) is 0.438. The molecular formula is C16H22O4. The first-order chi connectivity index (χ1) is 9.72. The molecule has 0 heterocycles. The van der Waals surface area contributed by atoms with Crippen molar-refractivity contribution >= 4 is 5.97 Å². The molecule has 0 saturated carbocycles. The van der Waals surface area contributed by atoms with Gasteiger partial charge in [-0.2, -0.15) is 0 Å². The van der Waals surface area contributed by atoms with Gasteiger partial charge in [0, 0.05) is 6.08 Å². The largest absolute Gasteiger partial charge is 0.466 e. The van der Waals surface area contributed by atoms with Crippen LogP contribution in [0.15, 0.2) is 42.5 Å². The molecule has 0 aromatic heterocycles. The molecule has 0 bridgehead atoms. The van der Waals surface area contributed by atoms with Crippen molar-refractivity contribution in [2.45, 2.75) is 32.0 Å². The highest BCUT2D eigenvalue weighted by atomic mass is 16.5. The molecule has 20 heavy (non-hydrogen) atoms. The van der Waals surface area contributed by atoms with Crippen LogP contribution >= 0.6 is 0 Å². The molecular weight excluding hydrogens is 256 g/mol. The van der Waals surface area contributed by atoms with Crippen molar-refractivity contribution in [3.8, 4) is 0 Å². The summed E-state index contributed by atoms with van der Waals surface area (Å²) >= 11 is 0. The molecule has 0 fully saturated rings.